The van der Waals surface area contributed by atoms with Crippen LogP contribution >= 0.6 is 0 Å². The molecule has 1 atom stereocenters. The molecule has 0 aliphatic carbocycles. The van der Waals surface area contributed by atoms with Gasteiger partial charge in [0.25, 0.3) is 0 Å². The van der Waals surface area contributed by atoms with E-state index in [4.69, 9.17) is 0 Å². The van der Waals surface area contributed by atoms with Gasteiger partial charge in [-0.2, -0.15) is 0 Å². The molecule has 3 nitrogen and oxygen atoms in total. The Labute approximate surface area is 99.3 Å². The molecule has 1 aromatic rings. The minimum absolute atomic E-state index is 0.453. The summed E-state index contributed by atoms with van der Waals surface area (Å²) in [5.41, 5.74) is 1.29. The summed E-state index contributed by atoms with van der Waals surface area (Å²) in [6, 6.07) is 0.453. The third kappa shape index (κ3) is 3.97. The number of imidazole rings is 1. The molecule has 0 spiro atoms. The molecule has 0 aliphatic rings. The van der Waals surface area contributed by atoms with Crippen LogP contribution in [-0.4, -0.2) is 16.6 Å². The van der Waals surface area contributed by atoms with E-state index in [0.717, 1.165) is 0 Å². The summed E-state index contributed by atoms with van der Waals surface area (Å²) < 4.78 is 2.10. The summed E-state index contributed by atoms with van der Waals surface area (Å²) in [6.07, 6.45) is 11.8. The zero-order valence-electron chi connectivity index (χ0n) is 10.9. The molecule has 1 aromatic heterocycles. The number of hydrogen-bond acceptors (Lipinski definition) is 2. The molecule has 1 unspecified atom stereocenters. The number of aryl methyl sites for hydroxylation is 1. The van der Waals surface area contributed by atoms with E-state index in [1.54, 1.807) is 0 Å². The predicted octanol–water partition coefficient (Wildman–Crippen LogP) is 3.04. The zero-order valence-corrected chi connectivity index (χ0v) is 10.9. The Bertz CT molecular complexity index is 280. The largest absolute Gasteiger partial charge is 0.336 e. The Balaban J connectivity index is 2.30. The van der Waals surface area contributed by atoms with E-state index < -0.39 is 0 Å². The van der Waals surface area contributed by atoms with Crippen LogP contribution in [0.5, 0.6) is 0 Å². The van der Waals surface area contributed by atoms with Gasteiger partial charge in [0.05, 0.1) is 12.0 Å². The lowest BCUT2D eigenvalue weighted by Gasteiger charge is -2.16. The molecular weight excluding hydrogens is 198 g/mol. The Morgan fingerprint density at radius 3 is 2.62 bits per heavy atom. The molecule has 0 radical (unpaired) electrons. The highest BCUT2D eigenvalue weighted by Crippen LogP contribution is 2.18. The molecule has 0 saturated heterocycles. The van der Waals surface area contributed by atoms with Gasteiger partial charge in [-0.25, -0.2) is 4.98 Å². The van der Waals surface area contributed by atoms with Crippen molar-refractivity contribution in [3.8, 4) is 0 Å². The van der Waals surface area contributed by atoms with Crippen LogP contribution < -0.4 is 5.32 Å². The zero-order chi connectivity index (χ0) is 11.8. The fourth-order valence-electron chi connectivity index (χ4n) is 2.10. The first kappa shape index (κ1) is 13.2. The molecule has 0 bridgehead atoms. The minimum atomic E-state index is 0.453. The molecule has 1 heterocycles. The Morgan fingerprint density at radius 2 is 2.06 bits per heavy atom. The quantitative estimate of drug-likeness (QED) is 0.686. The van der Waals surface area contributed by atoms with Gasteiger partial charge in [-0.05, 0) is 13.5 Å². The lowest BCUT2D eigenvalue weighted by Crippen LogP contribution is -2.18. The third-order valence-corrected chi connectivity index (χ3v) is 3.16. The predicted molar refractivity (Wildman–Crippen MR) is 68.4 cm³/mol. The first-order valence-electron chi connectivity index (χ1n) is 6.43. The van der Waals surface area contributed by atoms with Crippen molar-refractivity contribution < 1.29 is 0 Å². The van der Waals surface area contributed by atoms with Gasteiger partial charge in [0.2, 0.25) is 0 Å². The van der Waals surface area contributed by atoms with Gasteiger partial charge in [-0.3, -0.25) is 0 Å². The van der Waals surface area contributed by atoms with Gasteiger partial charge in [0, 0.05) is 19.3 Å². The van der Waals surface area contributed by atoms with Crippen molar-refractivity contribution >= 4 is 0 Å². The van der Waals surface area contributed by atoms with E-state index in [0.29, 0.717) is 6.04 Å². The van der Waals surface area contributed by atoms with E-state index in [1.165, 1.54) is 44.2 Å². The first-order valence-corrected chi connectivity index (χ1v) is 6.43. The molecule has 0 amide bonds. The van der Waals surface area contributed by atoms with Gasteiger partial charge >= 0.3 is 0 Å². The highest BCUT2D eigenvalue weighted by atomic mass is 15.1. The summed E-state index contributed by atoms with van der Waals surface area (Å²) in [6.45, 7) is 2.26. The molecule has 0 aliphatic heterocycles. The van der Waals surface area contributed by atoms with Gasteiger partial charge in [-0.15, -0.1) is 0 Å². The fraction of sp³-hybridized carbons (Fsp3) is 0.769. The number of nitrogens with one attached hydrogen (secondary N) is 1. The normalized spacial score (nSPS) is 12.9. The Hall–Kier alpha value is -0.830. The highest BCUT2D eigenvalue weighted by Gasteiger charge is 2.11. The second-order valence-corrected chi connectivity index (χ2v) is 4.47. The molecule has 92 valence electrons. The summed E-state index contributed by atoms with van der Waals surface area (Å²) in [4.78, 5) is 4.17. The number of aromatic nitrogens is 2. The van der Waals surface area contributed by atoms with Crippen molar-refractivity contribution in [3.63, 3.8) is 0 Å². The van der Waals surface area contributed by atoms with Crippen LogP contribution in [-0.2, 0) is 7.05 Å². The third-order valence-electron chi connectivity index (χ3n) is 3.16. The Kier molecular flexibility index (Phi) is 6.16. The van der Waals surface area contributed by atoms with E-state index in [-0.39, 0.29) is 0 Å². The summed E-state index contributed by atoms with van der Waals surface area (Å²) in [5, 5.41) is 3.38. The number of rotatable bonds is 8. The maximum atomic E-state index is 4.17. The molecular formula is C13H25N3. The van der Waals surface area contributed by atoms with Crippen LogP contribution in [0, 0.1) is 0 Å². The van der Waals surface area contributed by atoms with Gasteiger partial charge in [0.1, 0.15) is 0 Å². The van der Waals surface area contributed by atoms with Crippen molar-refractivity contribution in [2.24, 2.45) is 7.05 Å². The minimum Gasteiger partial charge on any atom is -0.336 e. The number of nitrogens with zero attached hydrogens (tertiary/aromatic N) is 2. The molecule has 16 heavy (non-hydrogen) atoms. The van der Waals surface area contributed by atoms with Crippen LogP contribution in [0.4, 0.5) is 0 Å². The molecule has 1 rings (SSSR count). The van der Waals surface area contributed by atoms with Crippen molar-refractivity contribution in [2.45, 2.75) is 51.5 Å². The summed E-state index contributed by atoms with van der Waals surface area (Å²) >= 11 is 0. The molecule has 0 aromatic carbocycles. The monoisotopic (exact) mass is 223 g/mol. The van der Waals surface area contributed by atoms with Gasteiger partial charge in [0.15, 0.2) is 0 Å². The fourth-order valence-corrected chi connectivity index (χ4v) is 2.10. The average molecular weight is 223 g/mol. The van der Waals surface area contributed by atoms with E-state index in [2.05, 4.69) is 28.8 Å². The smallest absolute Gasteiger partial charge is 0.0946 e. The second-order valence-electron chi connectivity index (χ2n) is 4.47. The van der Waals surface area contributed by atoms with Crippen LogP contribution in [0.1, 0.15) is 57.2 Å². The molecule has 3 heteroatoms. The standard InChI is InChI=1S/C13H25N3/c1-4-5-6-7-8-9-12(14-2)13-10-15-11-16(13)3/h10-12,14H,4-9H2,1-3H3. The number of hydrogen-bond donors (Lipinski definition) is 1. The van der Waals surface area contributed by atoms with Crippen molar-refractivity contribution in [3.05, 3.63) is 18.2 Å². The van der Waals surface area contributed by atoms with Crippen LogP contribution in [0.15, 0.2) is 12.5 Å². The van der Waals surface area contributed by atoms with Crippen LogP contribution in [0.25, 0.3) is 0 Å². The maximum absolute atomic E-state index is 4.17. The van der Waals surface area contributed by atoms with E-state index in [1.807, 2.05) is 19.6 Å². The van der Waals surface area contributed by atoms with Gasteiger partial charge < -0.3 is 9.88 Å². The van der Waals surface area contributed by atoms with Gasteiger partial charge in [-0.1, -0.05) is 39.0 Å². The molecule has 0 saturated carbocycles. The maximum Gasteiger partial charge on any atom is 0.0946 e. The SMILES string of the molecule is CCCCCCCC(NC)c1cncn1C. The van der Waals surface area contributed by atoms with E-state index >= 15 is 0 Å². The molecule has 0 fully saturated rings. The number of unbranched alkanes of at least 4 members (excludes halogenated alkanes) is 4. The van der Waals surface area contributed by atoms with Crippen molar-refractivity contribution in [2.75, 3.05) is 7.05 Å². The van der Waals surface area contributed by atoms with E-state index in [9.17, 15) is 0 Å². The average Bonchev–Trinajstić information content (AvgIpc) is 2.70. The van der Waals surface area contributed by atoms with Crippen LogP contribution in [0.2, 0.25) is 0 Å². The topological polar surface area (TPSA) is 29.9 Å². The van der Waals surface area contributed by atoms with Crippen LogP contribution in [0.3, 0.4) is 0 Å². The van der Waals surface area contributed by atoms with Crippen molar-refractivity contribution in [1.82, 2.24) is 14.9 Å². The first-order chi connectivity index (χ1) is 7.79. The van der Waals surface area contributed by atoms with Crippen molar-refractivity contribution in [1.29, 1.82) is 0 Å². The lowest BCUT2D eigenvalue weighted by atomic mass is 10.0. The lowest BCUT2D eigenvalue weighted by molar-refractivity contribution is 0.481. The summed E-state index contributed by atoms with van der Waals surface area (Å²) in [7, 11) is 4.09. The molecule has 1 N–H and O–H groups in total. The highest BCUT2D eigenvalue weighted by molar-refractivity contribution is 5.04. The summed E-state index contributed by atoms with van der Waals surface area (Å²) in [5.74, 6) is 0. The Morgan fingerprint density at radius 1 is 1.31 bits per heavy atom. The second kappa shape index (κ2) is 7.44.